The van der Waals surface area contributed by atoms with Crippen molar-refractivity contribution in [1.82, 2.24) is 9.88 Å². The minimum atomic E-state index is 0.740. The maximum Gasteiger partial charge on any atom is 0.0836 e. The third-order valence-electron chi connectivity index (χ3n) is 3.12. The first-order chi connectivity index (χ1) is 9.66. The van der Waals surface area contributed by atoms with E-state index in [-0.39, 0.29) is 0 Å². The number of rotatable bonds is 6. The highest BCUT2D eigenvalue weighted by Gasteiger charge is 2.08. The lowest BCUT2D eigenvalue weighted by molar-refractivity contribution is 0.399. The van der Waals surface area contributed by atoms with E-state index in [1.54, 1.807) is 6.20 Å². The van der Waals surface area contributed by atoms with E-state index in [0.717, 1.165) is 42.1 Å². The molecule has 0 spiro atoms. The van der Waals surface area contributed by atoms with Crippen molar-refractivity contribution < 1.29 is 0 Å². The van der Waals surface area contributed by atoms with Gasteiger partial charge < -0.3 is 16.0 Å². The summed E-state index contributed by atoms with van der Waals surface area (Å²) in [6, 6.07) is 11.9. The first kappa shape index (κ1) is 14.3. The molecule has 1 heterocycles. The second-order valence-corrected chi connectivity index (χ2v) is 5.12. The molecule has 0 saturated heterocycles. The Morgan fingerprint density at radius 2 is 1.90 bits per heavy atom. The fourth-order valence-corrected chi connectivity index (χ4v) is 2.08. The summed E-state index contributed by atoms with van der Waals surface area (Å²) in [5, 5.41) is 3.38. The summed E-state index contributed by atoms with van der Waals surface area (Å²) in [6.45, 7) is 1.04. The number of nitrogen functional groups attached to an aromatic ring is 1. The predicted octanol–water partition coefficient (Wildman–Crippen LogP) is 2.90. The van der Waals surface area contributed by atoms with E-state index in [4.69, 9.17) is 5.73 Å². The highest BCUT2D eigenvalue weighted by Crippen LogP contribution is 2.26. The van der Waals surface area contributed by atoms with Crippen LogP contribution in [0.25, 0.3) is 0 Å². The number of hydrogen-bond donors (Lipinski definition) is 2. The lowest BCUT2D eigenvalue weighted by atomic mass is 10.1. The van der Waals surface area contributed by atoms with Gasteiger partial charge >= 0.3 is 0 Å². The molecule has 2 rings (SSSR count). The number of nitrogens with zero attached hydrogens (tertiary/aromatic N) is 2. The number of aromatic nitrogens is 1. The highest BCUT2D eigenvalue weighted by molar-refractivity contribution is 5.74. The molecule has 0 bridgehead atoms. The van der Waals surface area contributed by atoms with Crippen molar-refractivity contribution in [2.24, 2.45) is 0 Å². The van der Waals surface area contributed by atoms with Gasteiger partial charge in [0.1, 0.15) is 0 Å². The summed E-state index contributed by atoms with van der Waals surface area (Å²) in [6.07, 6.45) is 3.75. The summed E-state index contributed by atoms with van der Waals surface area (Å²) < 4.78 is 0. The third-order valence-corrected chi connectivity index (χ3v) is 3.12. The maximum absolute atomic E-state index is 6.09. The summed E-state index contributed by atoms with van der Waals surface area (Å²) in [5.74, 6) is 0. The second-order valence-electron chi connectivity index (χ2n) is 5.12. The van der Waals surface area contributed by atoms with Crippen LogP contribution in [0.15, 0.2) is 42.6 Å². The van der Waals surface area contributed by atoms with Crippen LogP contribution >= 0.6 is 0 Å². The molecule has 0 amide bonds. The molecule has 106 valence electrons. The molecule has 1 aromatic carbocycles. The number of para-hydroxylation sites is 1. The van der Waals surface area contributed by atoms with E-state index in [1.807, 2.05) is 36.4 Å². The number of aryl methyl sites for hydroxylation is 1. The molecule has 0 atom stereocenters. The number of hydrogen-bond acceptors (Lipinski definition) is 4. The number of pyridine rings is 1. The standard InChI is InChI=1S/C16H22N4/c1-20(2)12-6-9-15-16(14(17)10-11-18-15)19-13-7-4-3-5-8-13/h3-5,7-8,10-11,19H,6,9,12H2,1-2H3,(H2,17,18). The molecule has 0 saturated carbocycles. The van der Waals surface area contributed by atoms with E-state index in [0.29, 0.717) is 0 Å². The molecule has 0 unspecified atom stereocenters. The molecule has 4 nitrogen and oxygen atoms in total. The minimum Gasteiger partial charge on any atom is -0.397 e. The smallest absolute Gasteiger partial charge is 0.0836 e. The van der Waals surface area contributed by atoms with Gasteiger partial charge in [-0.15, -0.1) is 0 Å². The van der Waals surface area contributed by atoms with Gasteiger partial charge in [-0.25, -0.2) is 0 Å². The molecule has 0 aliphatic rings. The van der Waals surface area contributed by atoms with Crippen LogP contribution in [0.1, 0.15) is 12.1 Å². The number of nitrogens with two attached hydrogens (primary N) is 1. The SMILES string of the molecule is CN(C)CCCc1nccc(N)c1Nc1ccccc1. The van der Waals surface area contributed by atoms with Crippen LogP contribution in [-0.4, -0.2) is 30.5 Å². The third kappa shape index (κ3) is 3.96. The monoisotopic (exact) mass is 270 g/mol. The van der Waals surface area contributed by atoms with Gasteiger partial charge in [0.2, 0.25) is 0 Å². The molecule has 4 heteroatoms. The molecule has 20 heavy (non-hydrogen) atoms. The Kier molecular flexibility index (Phi) is 4.96. The number of nitrogens with one attached hydrogen (secondary N) is 1. The average Bonchev–Trinajstić information content (AvgIpc) is 2.43. The van der Waals surface area contributed by atoms with Crippen LogP contribution in [0.2, 0.25) is 0 Å². The Morgan fingerprint density at radius 3 is 2.60 bits per heavy atom. The summed E-state index contributed by atoms with van der Waals surface area (Å²) in [5.41, 5.74) is 9.81. The van der Waals surface area contributed by atoms with Crippen molar-refractivity contribution in [2.45, 2.75) is 12.8 Å². The van der Waals surface area contributed by atoms with Crippen molar-refractivity contribution >= 4 is 17.1 Å². The van der Waals surface area contributed by atoms with Gasteiger partial charge in [-0.05, 0) is 51.7 Å². The fraction of sp³-hybridized carbons (Fsp3) is 0.312. The van der Waals surface area contributed by atoms with Gasteiger partial charge in [0, 0.05) is 11.9 Å². The van der Waals surface area contributed by atoms with E-state index < -0.39 is 0 Å². The summed E-state index contributed by atoms with van der Waals surface area (Å²) in [7, 11) is 4.16. The topological polar surface area (TPSA) is 54.2 Å². The molecule has 0 radical (unpaired) electrons. The Bertz CT molecular complexity index is 537. The predicted molar refractivity (Wildman–Crippen MR) is 85.2 cm³/mol. The van der Waals surface area contributed by atoms with Crippen molar-refractivity contribution in [3.05, 3.63) is 48.3 Å². The van der Waals surface area contributed by atoms with E-state index >= 15 is 0 Å². The zero-order valence-corrected chi connectivity index (χ0v) is 12.1. The van der Waals surface area contributed by atoms with Crippen LogP contribution in [-0.2, 0) is 6.42 Å². The Hall–Kier alpha value is -2.07. The van der Waals surface area contributed by atoms with Crippen LogP contribution in [0.5, 0.6) is 0 Å². The van der Waals surface area contributed by atoms with Gasteiger partial charge in [0.15, 0.2) is 0 Å². The molecule has 0 fully saturated rings. The quantitative estimate of drug-likeness (QED) is 0.847. The van der Waals surface area contributed by atoms with Gasteiger partial charge in [0.05, 0.1) is 17.1 Å². The molecule has 0 aliphatic carbocycles. The van der Waals surface area contributed by atoms with Gasteiger partial charge in [-0.2, -0.15) is 0 Å². The lowest BCUT2D eigenvalue weighted by Gasteiger charge is -2.15. The highest BCUT2D eigenvalue weighted by atomic mass is 15.0. The van der Waals surface area contributed by atoms with Crippen LogP contribution in [0.3, 0.4) is 0 Å². The zero-order valence-electron chi connectivity index (χ0n) is 12.1. The Morgan fingerprint density at radius 1 is 1.15 bits per heavy atom. The van der Waals surface area contributed by atoms with Crippen molar-refractivity contribution in [3.8, 4) is 0 Å². The maximum atomic E-state index is 6.09. The number of benzene rings is 1. The largest absolute Gasteiger partial charge is 0.397 e. The average molecular weight is 270 g/mol. The lowest BCUT2D eigenvalue weighted by Crippen LogP contribution is -2.14. The molecule has 1 aromatic heterocycles. The Balaban J connectivity index is 2.14. The first-order valence-electron chi connectivity index (χ1n) is 6.87. The zero-order chi connectivity index (χ0) is 14.4. The van der Waals surface area contributed by atoms with E-state index in [1.165, 1.54) is 0 Å². The molecule has 3 N–H and O–H groups in total. The van der Waals surface area contributed by atoms with Crippen LogP contribution in [0.4, 0.5) is 17.1 Å². The van der Waals surface area contributed by atoms with Gasteiger partial charge in [-0.1, -0.05) is 18.2 Å². The van der Waals surface area contributed by atoms with Crippen LogP contribution in [0, 0.1) is 0 Å². The first-order valence-corrected chi connectivity index (χ1v) is 6.87. The molecule has 0 aliphatic heterocycles. The van der Waals surface area contributed by atoms with E-state index in [2.05, 4.69) is 29.3 Å². The van der Waals surface area contributed by atoms with Crippen LogP contribution < -0.4 is 11.1 Å². The normalized spacial score (nSPS) is 10.8. The van der Waals surface area contributed by atoms with Gasteiger partial charge in [-0.3, -0.25) is 4.98 Å². The Labute approximate surface area is 120 Å². The minimum absolute atomic E-state index is 0.740. The van der Waals surface area contributed by atoms with Crippen molar-refractivity contribution in [1.29, 1.82) is 0 Å². The molecular formula is C16H22N4. The van der Waals surface area contributed by atoms with Crippen molar-refractivity contribution in [3.63, 3.8) is 0 Å². The fourth-order valence-electron chi connectivity index (χ4n) is 2.08. The second kappa shape index (κ2) is 6.91. The molecular weight excluding hydrogens is 248 g/mol. The van der Waals surface area contributed by atoms with E-state index in [9.17, 15) is 0 Å². The van der Waals surface area contributed by atoms with Gasteiger partial charge in [0.25, 0.3) is 0 Å². The summed E-state index contributed by atoms with van der Waals surface area (Å²) >= 11 is 0. The molecule has 2 aromatic rings. The summed E-state index contributed by atoms with van der Waals surface area (Å²) in [4.78, 5) is 6.65. The number of anilines is 3. The van der Waals surface area contributed by atoms with Crippen molar-refractivity contribution in [2.75, 3.05) is 31.7 Å².